The summed E-state index contributed by atoms with van der Waals surface area (Å²) in [6.45, 7) is 0.149. The first-order valence-electron chi connectivity index (χ1n) is 11.9. The second-order valence-electron chi connectivity index (χ2n) is 8.66. The fraction of sp³-hybridized carbons (Fsp3) is 0.308. The first-order chi connectivity index (χ1) is 17.4. The number of unbranched alkanes of at least 4 members (excludes halogenated alkanes) is 1. The van der Waals surface area contributed by atoms with Crippen LogP contribution in [0.4, 0.5) is 5.69 Å². The van der Waals surface area contributed by atoms with Gasteiger partial charge < -0.3 is 31.8 Å². The van der Waals surface area contributed by atoms with Gasteiger partial charge in [-0.2, -0.15) is 4.57 Å². The molecular formula is C26H31N6O4+. The molecule has 10 heteroatoms. The molecule has 36 heavy (non-hydrogen) atoms. The van der Waals surface area contributed by atoms with Gasteiger partial charge in [-0.3, -0.25) is 14.4 Å². The Kier molecular flexibility index (Phi) is 7.65. The van der Waals surface area contributed by atoms with Crippen LogP contribution in [-0.4, -0.2) is 43.4 Å². The average molecular weight is 492 g/mol. The minimum atomic E-state index is -0.795. The van der Waals surface area contributed by atoms with E-state index >= 15 is 0 Å². The van der Waals surface area contributed by atoms with E-state index in [0.717, 1.165) is 33.8 Å². The quantitative estimate of drug-likeness (QED) is 0.157. The molecule has 1 atom stereocenters. The second-order valence-corrected chi connectivity index (χ2v) is 8.66. The number of pyridine rings is 1. The van der Waals surface area contributed by atoms with Crippen LogP contribution < -0.4 is 32.0 Å². The van der Waals surface area contributed by atoms with Gasteiger partial charge in [0.1, 0.15) is 18.7 Å². The number of primary amides is 1. The van der Waals surface area contributed by atoms with Crippen molar-refractivity contribution in [2.24, 2.45) is 18.5 Å². The Bertz CT molecular complexity index is 1430. The smallest absolute Gasteiger partial charge is 0.261 e. The van der Waals surface area contributed by atoms with Crippen molar-refractivity contribution >= 4 is 56.4 Å². The molecule has 0 aliphatic carbocycles. The fourth-order valence-electron chi connectivity index (χ4n) is 4.36. The molecule has 4 aromatic rings. The monoisotopic (exact) mass is 491 g/mol. The maximum Gasteiger partial charge on any atom is 0.261 e. The Morgan fingerprint density at radius 2 is 1.69 bits per heavy atom. The summed E-state index contributed by atoms with van der Waals surface area (Å²) in [5.41, 5.74) is 14.8. The number of anilines is 1. The highest BCUT2D eigenvalue weighted by Crippen LogP contribution is 2.35. The number of nitrogens with one attached hydrogen (secondary N) is 3. The predicted octanol–water partition coefficient (Wildman–Crippen LogP) is 1.19. The highest BCUT2D eigenvalue weighted by Gasteiger charge is 2.24. The third kappa shape index (κ3) is 5.23. The summed E-state index contributed by atoms with van der Waals surface area (Å²) in [5.74, 6) is -1.49. The van der Waals surface area contributed by atoms with Crippen LogP contribution in [0.15, 0.2) is 52.9 Å². The molecule has 0 bridgehead atoms. The van der Waals surface area contributed by atoms with Gasteiger partial charge in [-0.05, 0) is 44.0 Å². The van der Waals surface area contributed by atoms with Crippen molar-refractivity contribution in [1.82, 2.24) is 10.6 Å². The molecule has 0 saturated carbocycles. The summed E-state index contributed by atoms with van der Waals surface area (Å²) in [5, 5.41) is 10.2. The topological polar surface area (TPSA) is 156 Å². The average Bonchev–Trinajstić information content (AvgIpc) is 3.26. The number of hydrogen-bond acceptors (Lipinski definition) is 6. The SMILES string of the molecule is C[n+]1c2ccccc2c(NCC(=O)NCC(=O)N[C@@H](CCCCN)C(N)=O)c2oc3ccccc3c21. The highest BCUT2D eigenvalue weighted by atomic mass is 16.3. The third-order valence-electron chi connectivity index (χ3n) is 6.16. The predicted molar refractivity (Wildman–Crippen MR) is 138 cm³/mol. The zero-order valence-corrected chi connectivity index (χ0v) is 20.2. The van der Waals surface area contributed by atoms with Crippen molar-refractivity contribution in [2.45, 2.75) is 25.3 Å². The van der Waals surface area contributed by atoms with Gasteiger partial charge >= 0.3 is 0 Å². The first kappa shape index (κ1) is 24.9. The van der Waals surface area contributed by atoms with E-state index in [2.05, 4.69) is 20.5 Å². The van der Waals surface area contributed by atoms with Crippen molar-refractivity contribution in [3.05, 3.63) is 48.5 Å². The molecule has 0 spiro atoms. The van der Waals surface area contributed by atoms with Crippen LogP contribution in [-0.2, 0) is 21.4 Å². The number of fused-ring (bicyclic) bond motifs is 4. The summed E-state index contributed by atoms with van der Waals surface area (Å²) in [6.07, 6.45) is 1.80. The van der Waals surface area contributed by atoms with E-state index in [1.54, 1.807) is 0 Å². The molecule has 7 N–H and O–H groups in total. The molecule has 3 amide bonds. The molecule has 2 heterocycles. The Balaban J connectivity index is 1.47. The van der Waals surface area contributed by atoms with Gasteiger partial charge in [-0.15, -0.1) is 0 Å². The molecule has 10 nitrogen and oxygen atoms in total. The molecule has 2 aromatic heterocycles. The maximum absolute atomic E-state index is 12.6. The van der Waals surface area contributed by atoms with E-state index in [9.17, 15) is 14.4 Å². The summed E-state index contributed by atoms with van der Waals surface area (Å²) < 4.78 is 8.26. The zero-order chi connectivity index (χ0) is 25.7. The van der Waals surface area contributed by atoms with E-state index < -0.39 is 17.9 Å². The van der Waals surface area contributed by atoms with Gasteiger partial charge in [0.05, 0.1) is 29.5 Å². The van der Waals surface area contributed by atoms with Crippen LogP contribution in [0.2, 0.25) is 0 Å². The molecular weight excluding hydrogens is 460 g/mol. The van der Waals surface area contributed by atoms with E-state index in [-0.39, 0.29) is 19.0 Å². The molecule has 0 aliphatic heterocycles. The van der Waals surface area contributed by atoms with Crippen LogP contribution in [0.1, 0.15) is 19.3 Å². The lowest BCUT2D eigenvalue weighted by Gasteiger charge is -2.15. The van der Waals surface area contributed by atoms with Crippen molar-refractivity contribution in [3.8, 4) is 0 Å². The largest absolute Gasteiger partial charge is 0.447 e. The van der Waals surface area contributed by atoms with Crippen LogP contribution in [0, 0.1) is 0 Å². The third-order valence-corrected chi connectivity index (χ3v) is 6.16. The number of hydrogen-bond donors (Lipinski definition) is 5. The van der Waals surface area contributed by atoms with Gasteiger partial charge in [-0.25, -0.2) is 0 Å². The van der Waals surface area contributed by atoms with E-state index in [1.807, 2.05) is 55.6 Å². The van der Waals surface area contributed by atoms with Crippen LogP contribution >= 0.6 is 0 Å². The number of rotatable bonds is 11. The lowest BCUT2D eigenvalue weighted by atomic mass is 10.1. The molecule has 0 radical (unpaired) electrons. The van der Waals surface area contributed by atoms with Crippen molar-refractivity contribution in [1.29, 1.82) is 0 Å². The lowest BCUT2D eigenvalue weighted by Crippen LogP contribution is -2.48. The summed E-state index contributed by atoms with van der Waals surface area (Å²) in [6, 6.07) is 14.8. The zero-order valence-electron chi connectivity index (χ0n) is 20.2. The lowest BCUT2D eigenvalue weighted by molar-refractivity contribution is -0.616. The minimum Gasteiger partial charge on any atom is -0.447 e. The number of benzene rings is 2. The standard InChI is InChI=1S/C26H30N6O4/c1-32-19-11-4-2-8-16(19)23(25-24(32)17-9-3-5-12-20(17)36-25)30-14-21(33)29-15-22(34)31-18(26(28)35)10-6-7-13-27/h2-5,8-9,11-12,18H,6-7,10,13-15,27H2,1H3,(H4,28,29,31,33,34,35)/p+1/t18-/m0/s1. The van der Waals surface area contributed by atoms with E-state index in [4.69, 9.17) is 15.9 Å². The number of aromatic nitrogens is 1. The summed E-state index contributed by atoms with van der Waals surface area (Å²) >= 11 is 0. The molecule has 0 fully saturated rings. The molecule has 4 rings (SSSR count). The van der Waals surface area contributed by atoms with Gasteiger partial charge in [0.15, 0.2) is 0 Å². The molecule has 0 aliphatic rings. The number of amides is 3. The van der Waals surface area contributed by atoms with Crippen molar-refractivity contribution in [3.63, 3.8) is 0 Å². The number of carbonyl (C=O) groups excluding carboxylic acids is 3. The van der Waals surface area contributed by atoms with Crippen LogP contribution in [0.5, 0.6) is 0 Å². The normalized spacial score (nSPS) is 12.1. The molecule has 0 saturated heterocycles. The number of para-hydroxylation sites is 2. The van der Waals surface area contributed by atoms with Gasteiger partial charge in [0.2, 0.25) is 28.8 Å². The van der Waals surface area contributed by atoms with Crippen molar-refractivity contribution < 1.29 is 23.4 Å². The summed E-state index contributed by atoms with van der Waals surface area (Å²) in [7, 11) is 1.98. The Hall–Kier alpha value is -4.18. The van der Waals surface area contributed by atoms with Crippen LogP contribution in [0.3, 0.4) is 0 Å². The fourth-order valence-corrected chi connectivity index (χ4v) is 4.36. The maximum atomic E-state index is 12.6. The van der Waals surface area contributed by atoms with E-state index in [1.165, 1.54) is 0 Å². The number of carbonyl (C=O) groups is 3. The first-order valence-corrected chi connectivity index (χ1v) is 11.9. The van der Waals surface area contributed by atoms with E-state index in [0.29, 0.717) is 30.7 Å². The molecule has 2 aromatic carbocycles. The Morgan fingerprint density at radius 1 is 0.972 bits per heavy atom. The Morgan fingerprint density at radius 3 is 2.44 bits per heavy atom. The number of furan rings is 1. The minimum absolute atomic E-state index is 0.0765. The summed E-state index contributed by atoms with van der Waals surface area (Å²) in [4.78, 5) is 36.4. The highest BCUT2D eigenvalue weighted by molar-refractivity contribution is 6.11. The molecule has 188 valence electrons. The second kappa shape index (κ2) is 11.0. The van der Waals surface area contributed by atoms with Gasteiger partial charge in [0.25, 0.3) is 5.52 Å². The number of nitrogens with zero attached hydrogens (tertiary/aromatic N) is 1. The van der Waals surface area contributed by atoms with Crippen molar-refractivity contribution in [2.75, 3.05) is 25.0 Å². The molecule has 0 unspecified atom stereocenters. The Labute approximate surface area is 208 Å². The number of aryl methyl sites for hydroxylation is 1. The van der Waals surface area contributed by atoms with Crippen LogP contribution in [0.25, 0.3) is 33.0 Å². The number of nitrogens with two attached hydrogens (primary N) is 2. The van der Waals surface area contributed by atoms with Gasteiger partial charge in [0, 0.05) is 6.07 Å². The van der Waals surface area contributed by atoms with Gasteiger partial charge in [-0.1, -0.05) is 24.3 Å².